The molecule has 0 aromatic carbocycles. The first kappa shape index (κ1) is 15.2. The summed E-state index contributed by atoms with van der Waals surface area (Å²) in [6.45, 7) is 9.64. The first-order valence-corrected chi connectivity index (χ1v) is 6.26. The average molecular weight is 263 g/mol. The van der Waals surface area contributed by atoms with Gasteiger partial charge in [-0.05, 0) is 40.7 Å². The number of carbonyl (C=O) groups excluding carboxylic acids is 1. The molecular weight excluding hydrogens is 242 g/mol. The molecule has 4 heteroatoms. The van der Waals surface area contributed by atoms with E-state index in [1.165, 1.54) is 4.90 Å². The molecular formula is C15H21NO3. The molecule has 0 aliphatic carbocycles. The van der Waals surface area contributed by atoms with Gasteiger partial charge in [0.1, 0.15) is 11.4 Å². The molecule has 104 valence electrons. The van der Waals surface area contributed by atoms with E-state index < -0.39 is 11.7 Å². The fourth-order valence-electron chi connectivity index (χ4n) is 1.53. The lowest BCUT2D eigenvalue weighted by atomic mass is 10.2. The number of hydrogen-bond acceptors (Lipinski definition) is 3. The Morgan fingerprint density at radius 1 is 1.47 bits per heavy atom. The van der Waals surface area contributed by atoms with Crippen molar-refractivity contribution in [2.45, 2.75) is 46.3 Å². The van der Waals surface area contributed by atoms with E-state index in [1.807, 2.05) is 34.6 Å². The lowest BCUT2D eigenvalue weighted by Gasteiger charge is -2.28. The van der Waals surface area contributed by atoms with Crippen molar-refractivity contribution >= 4 is 6.09 Å². The van der Waals surface area contributed by atoms with Crippen LogP contribution >= 0.6 is 0 Å². The molecule has 0 bridgehead atoms. The summed E-state index contributed by atoms with van der Waals surface area (Å²) in [7, 11) is 0. The van der Waals surface area contributed by atoms with Crippen LogP contribution in [0.3, 0.4) is 0 Å². The lowest BCUT2D eigenvalue weighted by Crippen LogP contribution is -2.36. The SMILES string of the molecule is C#CC1=CN(C(=O)OC(C)(C)C)CC(OC(C)C)=C1. The summed E-state index contributed by atoms with van der Waals surface area (Å²) in [5, 5.41) is 0. The average Bonchev–Trinajstić information content (AvgIpc) is 2.25. The van der Waals surface area contributed by atoms with Crippen molar-refractivity contribution < 1.29 is 14.3 Å². The monoisotopic (exact) mass is 263 g/mol. The van der Waals surface area contributed by atoms with Gasteiger partial charge in [-0.1, -0.05) is 5.92 Å². The largest absolute Gasteiger partial charge is 0.493 e. The molecule has 0 saturated heterocycles. The highest BCUT2D eigenvalue weighted by atomic mass is 16.6. The standard InChI is InChI=1S/C15H21NO3/c1-7-12-8-13(18-11(2)3)10-16(9-12)14(17)19-15(4,5)6/h1,8-9,11H,10H2,2-6H3. The van der Waals surface area contributed by atoms with Crippen molar-refractivity contribution in [3.8, 4) is 12.3 Å². The van der Waals surface area contributed by atoms with Crippen LogP contribution in [-0.2, 0) is 9.47 Å². The van der Waals surface area contributed by atoms with Crippen molar-refractivity contribution in [1.29, 1.82) is 0 Å². The van der Waals surface area contributed by atoms with E-state index in [1.54, 1.807) is 12.3 Å². The Kier molecular flexibility index (Phi) is 4.66. The normalized spacial score (nSPS) is 15.5. The summed E-state index contributed by atoms with van der Waals surface area (Å²) in [5.74, 6) is 3.17. The number of rotatable bonds is 2. The van der Waals surface area contributed by atoms with E-state index >= 15 is 0 Å². The molecule has 0 saturated carbocycles. The third kappa shape index (κ3) is 5.09. The van der Waals surface area contributed by atoms with Crippen LogP contribution in [0.25, 0.3) is 0 Å². The second-order valence-corrected chi connectivity index (χ2v) is 5.61. The summed E-state index contributed by atoms with van der Waals surface area (Å²) >= 11 is 0. The van der Waals surface area contributed by atoms with Crippen LogP contribution in [0.4, 0.5) is 4.79 Å². The molecule has 0 aromatic heterocycles. The molecule has 4 nitrogen and oxygen atoms in total. The first-order chi connectivity index (χ1) is 8.71. The maximum absolute atomic E-state index is 12.0. The van der Waals surface area contributed by atoms with Gasteiger partial charge in [0.15, 0.2) is 0 Å². The number of amides is 1. The van der Waals surface area contributed by atoms with Crippen LogP contribution in [0.15, 0.2) is 23.6 Å². The summed E-state index contributed by atoms with van der Waals surface area (Å²) in [4.78, 5) is 13.4. The molecule has 0 unspecified atom stereocenters. The Bertz CT molecular complexity index is 447. The molecule has 0 spiro atoms. The number of allylic oxidation sites excluding steroid dienone is 2. The van der Waals surface area contributed by atoms with E-state index in [2.05, 4.69) is 5.92 Å². The zero-order chi connectivity index (χ0) is 14.6. The number of nitrogens with zero attached hydrogens (tertiary/aromatic N) is 1. The van der Waals surface area contributed by atoms with Gasteiger partial charge in [0.05, 0.1) is 12.6 Å². The van der Waals surface area contributed by atoms with Crippen molar-refractivity contribution in [3.05, 3.63) is 23.6 Å². The molecule has 0 radical (unpaired) electrons. The lowest BCUT2D eigenvalue weighted by molar-refractivity contribution is 0.0301. The van der Waals surface area contributed by atoms with E-state index in [0.29, 0.717) is 17.9 Å². The Labute approximate surface area is 115 Å². The predicted molar refractivity (Wildman–Crippen MR) is 74.2 cm³/mol. The van der Waals surface area contributed by atoms with Gasteiger partial charge in [-0.3, -0.25) is 4.90 Å². The Balaban J connectivity index is 2.83. The van der Waals surface area contributed by atoms with Crippen LogP contribution in [0, 0.1) is 12.3 Å². The minimum Gasteiger partial charge on any atom is -0.493 e. The molecule has 1 rings (SSSR count). The van der Waals surface area contributed by atoms with Crippen LogP contribution in [0.2, 0.25) is 0 Å². The topological polar surface area (TPSA) is 38.8 Å². The molecule has 1 amide bonds. The van der Waals surface area contributed by atoms with E-state index in [-0.39, 0.29) is 6.10 Å². The maximum atomic E-state index is 12.0. The molecule has 1 aliphatic rings. The molecule has 0 atom stereocenters. The second-order valence-electron chi connectivity index (χ2n) is 5.61. The van der Waals surface area contributed by atoms with Crippen molar-refractivity contribution in [3.63, 3.8) is 0 Å². The van der Waals surface area contributed by atoms with Gasteiger partial charge in [0, 0.05) is 11.8 Å². The minimum atomic E-state index is -0.540. The molecule has 0 N–H and O–H groups in total. The van der Waals surface area contributed by atoms with Gasteiger partial charge in [-0.25, -0.2) is 4.79 Å². The highest BCUT2D eigenvalue weighted by Crippen LogP contribution is 2.18. The van der Waals surface area contributed by atoms with Crippen LogP contribution in [0.5, 0.6) is 0 Å². The molecule has 1 heterocycles. The van der Waals surface area contributed by atoms with Gasteiger partial charge in [-0.15, -0.1) is 6.42 Å². The molecule has 0 aromatic rings. The van der Waals surface area contributed by atoms with Gasteiger partial charge in [0.25, 0.3) is 0 Å². The molecule has 0 fully saturated rings. The maximum Gasteiger partial charge on any atom is 0.414 e. The van der Waals surface area contributed by atoms with E-state index in [9.17, 15) is 4.79 Å². The van der Waals surface area contributed by atoms with Crippen molar-refractivity contribution in [1.82, 2.24) is 4.90 Å². The van der Waals surface area contributed by atoms with Gasteiger partial charge in [0.2, 0.25) is 0 Å². The summed E-state index contributed by atoms with van der Waals surface area (Å²) in [5.41, 5.74) is 0.0503. The zero-order valence-corrected chi connectivity index (χ0v) is 12.2. The Morgan fingerprint density at radius 2 is 2.11 bits per heavy atom. The highest BCUT2D eigenvalue weighted by Gasteiger charge is 2.24. The fraction of sp³-hybridized carbons (Fsp3) is 0.533. The number of ether oxygens (including phenoxy) is 2. The Hall–Kier alpha value is -1.89. The quantitative estimate of drug-likeness (QED) is 0.719. The number of terminal acetylenes is 1. The highest BCUT2D eigenvalue weighted by molar-refractivity contribution is 5.71. The fourth-order valence-corrected chi connectivity index (χ4v) is 1.53. The van der Waals surface area contributed by atoms with Gasteiger partial charge < -0.3 is 9.47 Å². The van der Waals surface area contributed by atoms with Crippen LogP contribution < -0.4 is 0 Å². The zero-order valence-electron chi connectivity index (χ0n) is 12.2. The predicted octanol–water partition coefficient (Wildman–Crippen LogP) is 3.06. The van der Waals surface area contributed by atoms with Crippen molar-refractivity contribution in [2.24, 2.45) is 0 Å². The smallest absolute Gasteiger partial charge is 0.414 e. The van der Waals surface area contributed by atoms with Gasteiger partial charge in [-0.2, -0.15) is 0 Å². The molecule has 19 heavy (non-hydrogen) atoms. The van der Waals surface area contributed by atoms with E-state index in [0.717, 1.165) is 0 Å². The number of carbonyl (C=O) groups is 1. The van der Waals surface area contributed by atoms with Crippen LogP contribution in [-0.4, -0.2) is 29.2 Å². The van der Waals surface area contributed by atoms with Crippen molar-refractivity contribution in [2.75, 3.05) is 6.54 Å². The number of hydrogen-bond donors (Lipinski definition) is 0. The summed E-state index contributed by atoms with van der Waals surface area (Å²) < 4.78 is 10.9. The van der Waals surface area contributed by atoms with E-state index in [4.69, 9.17) is 15.9 Å². The Morgan fingerprint density at radius 3 is 2.58 bits per heavy atom. The third-order valence-electron chi connectivity index (χ3n) is 2.12. The van der Waals surface area contributed by atoms with Crippen LogP contribution in [0.1, 0.15) is 34.6 Å². The third-order valence-corrected chi connectivity index (χ3v) is 2.12. The first-order valence-electron chi connectivity index (χ1n) is 6.26. The molecule has 1 aliphatic heterocycles. The summed E-state index contributed by atoms with van der Waals surface area (Å²) in [6, 6.07) is 0. The summed E-state index contributed by atoms with van der Waals surface area (Å²) in [6.07, 6.45) is 8.35. The minimum absolute atomic E-state index is 0.0314. The van der Waals surface area contributed by atoms with Gasteiger partial charge >= 0.3 is 6.09 Å². The second kappa shape index (κ2) is 5.83.